The molecule has 0 heterocycles. The van der Waals surface area contributed by atoms with Crippen LogP contribution in [0.25, 0.3) is 0 Å². The van der Waals surface area contributed by atoms with E-state index >= 15 is 0 Å². The van der Waals surface area contributed by atoms with Gasteiger partial charge in [0.2, 0.25) is 0 Å². The normalized spacial score (nSPS) is 8.60. The molecule has 0 atom stereocenters. The topological polar surface area (TPSA) is 60.0 Å². The van der Waals surface area contributed by atoms with Gasteiger partial charge >= 0.3 is 0 Å². The third kappa shape index (κ3) is 3.47. The van der Waals surface area contributed by atoms with E-state index in [1.54, 1.807) is 7.11 Å². The molecule has 0 saturated heterocycles. The van der Waals surface area contributed by atoms with Crippen molar-refractivity contribution in [3.05, 3.63) is 24.3 Å². The lowest BCUT2D eigenvalue weighted by atomic mass is 10.2. The van der Waals surface area contributed by atoms with Crippen LogP contribution in [0.3, 0.4) is 0 Å². The maximum Gasteiger partial charge on any atom is 0.142 e. The molecule has 1 aromatic rings. The summed E-state index contributed by atoms with van der Waals surface area (Å²) < 4.78 is 5.29. The van der Waals surface area contributed by atoms with Gasteiger partial charge in [-0.2, -0.15) is 0 Å². The number of ether oxygens (including phenoxy) is 1. The predicted molar refractivity (Wildman–Crippen MR) is 60.0 cm³/mol. The SMILES string of the molecule is CCN(CC)c1ccccc1OC.N#N. The number of benzene rings is 1. The fourth-order valence-electron chi connectivity index (χ4n) is 1.46. The van der Waals surface area contributed by atoms with Gasteiger partial charge in [0.25, 0.3) is 0 Å². The molecule has 82 valence electrons. The van der Waals surface area contributed by atoms with E-state index in [0.29, 0.717) is 0 Å². The Balaban J connectivity index is 0.000000921. The minimum Gasteiger partial charge on any atom is -0.495 e. The molecular formula is C11H17N3O. The molecule has 0 radical (unpaired) electrons. The number of rotatable bonds is 4. The summed E-state index contributed by atoms with van der Waals surface area (Å²) in [6.45, 7) is 6.32. The van der Waals surface area contributed by atoms with Gasteiger partial charge < -0.3 is 9.64 Å². The lowest BCUT2D eigenvalue weighted by Gasteiger charge is -2.22. The van der Waals surface area contributed by atoms with Gasteiger partial charge in [0.1, 0.15) is 5.75 Å². The van der Waals surface area contributed by atoms with E-state index in [9.17, 15) is 0 Å². The van der Waals surface area contributed by atoms with Crippen LogP contribution in [0.15, 0.2) is 24.3 Å². The van der Waals surface area contributed by atoms with Crippen LogP contribution in [0.5, 0.6) is 5.75 Å². The van der Waals surface area contributed by atoms with Gasteiger partial charge in [-0.05, 0) is 26.0 Å². The summed E-state index contributed by atoms with van der Waals surface area (Å²) in [5.41, 5.74) is 1.18. The van der Waals surface area contributed by atoms with Crippen molar-refractivity contribution in [1.29, 1.82) is 10.8 Å². The van der Waals surface area contributed by atoms with Crippen molar-refractivity contribution in [2.24, 2.45) is 0 Å². The average molecular weight is 207 g/mol. The van der Waals surface area contributed by atoms with Crippen molar-refractivity contribution >= 4 is 5.69 Å². The molecule has 0 saturated carbocycles. The van der Waals surface area contributed by atoms with Crippen LogP contribution >= 0.6 is 0 Å². The second-order valence-electron chi connectivity index (χ2n) is 2.84. The summed E-state index contributed by atoms with van der Waals surface area (Å²) in [6.07, 6.45) is 0. The van der Waals surface area contributed by atoms with E-state index in [2.05, 4.69) is 24.8 Å². The molecule has 1 rings (SSSR count). The maximum absolute atomic E-state index is 6.00. The molecule has 0 fully saturated rings. The van der Waals surface area contributed by atoms with E-state index in [4.69, 9.17) is 15.5 Å². The minimum absolute atomic E-state index is 0.950. The van der Waals surface area contributed by atoms with E-state index in [0.717, 1.165) is 18.8 Å². The van der Waals surface area contributed by atoms with Gasteiger partial charge in [-0.15, -0.1) is 0 Å². The third-order valence-corrected chi connectivity index (χ3v) is 2.19. The highest BCUT2D eigenvalue weighted by atomic mass is 16.5. The van der Waals surface area contributed by atoms with Gasteiger partial charge in [0, 0.05) is 23.9 Å². The molecule has 0 N–H and O–H groups in total. The molecular weight excluding hydrogens is 190 g/mol. The Morgan fingerprint density at radius 3 is 2.13 bits per heavy atom. The molecule has 0 aromatic heterocycles. The zero-order valence-electron chi connectivity index (χ0n) is 9.47. The largest absolute Gasteiger partial charge is 0.495 e. The second-order valence-corrected chi connectivity index (χ2v) is 2.84. The van der Waals surface area contributed by atoms with E-state index in [1.807, 2.05) is 18.2 Å². The Morgan fingerprint density at radius 1 is 1.13 bits per heavy atom. The fourth-order valence-corrected chi connectivity index (χ4v) is 1.46. The lowest BCUT2D eigenvalue weighted by molar-refractivity contribution is 0.414. The quantitative estimate of drug-likeness (QED) is 0.712. The third-order valence-electron chi connectivity index (χ3n) is 2.19. The maximum atomic E-state index is 6.00. The Hall–Kier alpha value is -1.76. The van der Waals surface area contributed by atoms with Gasteiger partial charge in [0.15, 0.2) is 0 Å². The van der Waals surface area contributed by atoms with Crippen LogP contribution < -0.4 is 9.64 Å². The molecule has 4 heteroatoms. The summed E-state index contributed by atoms with van der Waals surface area (Å²) in [5, 5.41) is 12.0. The molecule has 0 spiro atoms. The summed E-state index contributed by atoms with van der Waals surface area (Å²) >= 11 is 0. The summed E-state index contributed by atoms with van der Waals surface area (Å²) in [5.74, 6) is 0.950. The van der Waals surface area contributed by atoms with Crippen LogP contribution in [0.4, 0.5) is 5.69 Å². The molecule has 1 aromatic carbocycles. The van der Waals surface area contributed by atoms with E-state index < -0.39 is 0 Å². The zero-order valence-corrected chi connectivity index (χ0v) is 9.47. The molecule has 0 aliphatic rings. The number of para-hydroxylation sites is 2. The Bertz CT molecular complexity index is 295. The predicted octanol–water partition coefficient (Wildman–Crippen LogP) is 2.57. The van der Waals surface area contributed by atoms with E-state index in [-0.39, 0.29) is 0 Å². The molecule has 4 nitrogen and oxygen atoms in total. The monoisotopic (exact) mass is 207 g/mol. The number of hydrogen-bond donors (Lipinski definition) is 0. The van der Waals surface area contributed by atoms with Crippen molar-refractivity contribution in [3.63, 3.8) is 0 Å². The number of nitrogens with zero attached hydrogens (tertiary/aromatic N) is 3. The molecule has 15 heavy (non-hydrogen) atoms. The van der Waals surface area contributed by atoms with Crippen LogP contribution in [-0.2, 0) is 0 Å². The van der Waals surface area contributed by atoms with Gasteiger partial charge in [-0.3, -0.25) is 0 Å². The minimum atomic E-state index is 0.950. The average Bonchev–Trinajstić information content (AvgIpc) is 2.34. The Labute approximate surface area is 90.9 Å². The highest BCUT2D eigenvalue weighted by Gasteiger charge is 2.06. The number of hydrogen-bond acceptors (Lipinski definition) is 4. The summed E-state index contributed by atoms with van der Waals surface area (Å²) in [4.78, 5) is 2.28. The number of anilines is 1. The van der Waals surface area contributed by atoms with Crippen LogP contribution in [-0.4, -0.2) is 20.2 Å². The first-order valence-electron chi connectivity index (χ1n) is 4.91. The lowest BCUT2D eigenvalue weighted by Crippen LogP contribution is -2.22. The van der Waals surface area contributed by atoms with Crippen LogP contribution in [0.1, 0.15) is 13.8 Å². The molecule has 0 amide bonds. The highest BCUT2D eigenvalue weighted by molar-refractivity contribution is 5.58. The summed E-state index contributed by atoms with van der Waals surface area (Å²) in [7, 11) is 1.71. The van der Waals surface area contributed by atoms with Crippen LogP contribution in [0.2, 0.25) is 0 Å². The molecule has 0 aliphatic heterocycles. The van der Waals surface area contributed by atoms with Gasteiger partial charge in [0.05, 0.1) is 12.8 Å². The molecule has 0 bridgehead atoms. The first kappa shape index (κ1) is 13.2. The number of methoxy groups -OCH3 is 1. The van der Waals surface area contributed by atoms with Crippen molar-refractivity contribution in [3.8, 4) is 5.75 Å². The smallest absolute Gasteiger partial charge is 0.142 e. The Kier molecular flexibility index (Phi) is 6.73. The standard InChI is InChI=1S/C11H17NO.N2/c1-4-12(5-2)10-8-6-7-9-11(10)13-3;1-2/h6-9H,4-5H2,1-3H3;. The van der Waals surface area contributed by atoms with Gasteiger partial charge in [-0.1, -0.05) is 12.1 Å². The van der Waals surface area contributed by atoms with E-state index in [1.165, 1.54) is 5.69 Å². The zero-order chi connectivity index (χ0) is 11.7. The van der Waals surface area contributed by atoms with Gasteiger partial charge in [-0.25, -0.2) is 0 Å². The molecule has 0 unspecified atom stereocenters. The van der Waals surface area contributed by atoms with Crippen molar-refractivity contribution in [2.45, 2.75) is 13.8 Å². The van der Waals surface area contributed by atoms with Crippen molar-refractivity contribution in [1.82, 2.24) is 0 Å². The second kappa shape index (κ2) is 7.63. The first-order chi connectivity index (χ1) is 7.33. The Morgan fingerprint density at radius 2 is 1.67 bits per heavy atom. The van der Waals surface area contributed by atoms with Crippen molar-refractivity contribution in [2.75, 3.05) is 25.1 Å². The highest BCUT2D eigenvalue weighted by Crippen LogP contribution is 2.26. The molecule has 0 aliphatic carbocycles. The fraction of sp³-hybridized carbons (Fsp3) is 0.455. The van der Waals surface area contributed by atoms with Crippen molar-refractivity contribution < 1.29 is 4.74 Å². The summed E-state index contributed by atoms with van der Waals surface area (Å²) in [6, 6.07) is 8.11. The first-order valence-corrected chi connectivity index (χ1v) is 4.91. The van der Waals surface area contributed by atoms with Crippen LogP contribution in [0, 0.1) is 10.8 Å².